The van der Waals surface area contributed by atoms with Gasteiger partial charge in [0.2, 0.25) is 5.28 Å². The molecule has 2 aliphatic heterocycles. The zero-order valence-electron chi connectivity index (χ0n) is 31.3. The second-order valence-electron chi connectivity index (χ2n) is 15.3. The van der Waals surface area contributed by atoms with E-state index < -0.39 is 8.32 Å². The van der Waals surface area contributed by atoms with Crippen LogP contribution in [0.25, 0.3) is 0 Å². The molecule has 4 aromatic carbocycles. The Morgan fingerprint density at radius 3 is 2.06 bits per heavy atom. The normalized spacial score (nSPS) is 17.1. The van der Waals surface area contributed by atoms with Crippen molar-refractivity contribution in [1.29, 1.82) is 0 Å². The number of methoxy groups -OCH3 is 1. The molecule has 0 amide bonds. The van der Waals surface area contributed by atoms with Crippen molar-refractivity contribution in [2.75, 3.05) is 38.2 Å². The van der Waals surface area contributed by atoms with Gasteiger partial charge in [-0.15, -0.1) is 0 Å². The summed E-state index contributed by atoms with van der Waals surface area (Å²) in [5.74, 6) is 1.88. The molecule has 3 heterocycles. The largest absolute Gasteiger partial charge is 0.497 e. The summed E-state index contributed by atoms with van der Waals surface area (Å²) in [5.41, 5.74) is 4.88. The van der Waals surface area contributed by atoms with Crippen LogP contribution in [0.15, 0.2) is 115 Å². The Kier molecular flexibility index (Phi) is 11.6. The van der Waals surface area contributed by atoms with Gasteiger partial charge in [-0.3, -0.25) is 9.80 Å². The lowest BCUT2D eigenvalue weighted by Gasteiger charge is -2.44. The summed E-state index contributed by atoms with van der Waals surface area (Å²) >= 11 is 6.68. The van der Waals surface area contributed by atoms with E-state index in [1.807, 2.05) is 12.1 Å². The number of rotatable bonds is 13. The van der Waals surface area contributed by atoms with Gasteiger partial charge in [0.15, 0.2) is 0 Å². The molecule has 0 aliphatic carbocycles. The van der Waals surface area contributed by atoms with Crippen molar-refractivity contribution in [1.82, 2.24) is 19.8 Å². The van der Waals surface area contributed by atoms with Crippen LogP contribution in [0, 0.1) is 0 Å². The lowest BCUT2D eigenvalue weighted by Crippen LogP contribution is -2.65. The van der Waals surface area contributed by atoms with E-state index in [0.29, 0.717) is 11.3 Å². The third-order valence-electron chi connectivity index (χ3n) is 11.5. The molecule has 0 radical (unpaired) electrons. The highest BCUT2D eigenvalue weighted by atomic mass is 35.5. The molecule has 9 heteroatoms. The molecule has 7 rings (SSSR count). The van der Waals surface area contributed by atoms with Gasteiger partial charge in [0, 0.05) is 57.4 Å². The summed E-state index contributed by atoms with van der Waals surface area (Å²) < 4.78 is 5.45. The Morgan fingerprint density at radius 1 is 0.792 bits per heavy atom. The van der Waals surface area contributed by atoms with Gasteiger partial charge in [0.25, 0.3) is 8.32 Å². The summed E-state index contributed by atoms with van der Waals surface area (Å²) in [5, 5.41) is 2.16. The van der Waals surface area contributed by atoms with Crippen molar-refractivity contribution >= 4 is 36.1 Å². The van der Waals surface area contributed by atoms with E-state index in [2.05, 4.69) is 132 Å². The lowest BCUT2D eigenvalue weighted by atomic mass is 9.98. The Balaban J connectivity index is 1.11. The fourth-order valence-corrected chi connectivity index (χ4v) is 12.4. The predicted octanol–water partition coefficient (Wildman–Crippen LogP) is 7.09. The van der Waals surface area contributed by atoms with Gasteiger partial charge in [-0.1, -0.05) is 123 Å². The number of piperazine rings is 1. The zero-order chi connectivity index (χ0) is 36.8. The molecule has 53 heavy (non-hydrogen) atoms. The molecule has 1 unspecified atom stereocenters. The molecular weight excluding hydrogens is 694 g/mol. The third-order valence-corrected chi connectivity index (χ3v) is 16.2. The SMILES string of the molecule is COc1ccc(CN2CCN(c3nc(Cl)nc4c3CCN(Cc3ccccc3)C4)CC2CCCC(C)(C)[Si](O)(c2ccccc2)c2ccccc2)cc1. The maximum atomic E-state index is 12.8. The number of aromatic nitrogens is 2. The molecule has 1 N–H and O–H groups in total. The first kappa shape index (κ1) is 37.3. The fraction of sp³-hybridized carbons (Fsp3) is 0.364. The number of ether oxygens (including phenoxy) is 1. The summed E-state index contributed by atoms with van der Waals surface area (Å²) in [6.07, 6.45) is 3.83. The number of benzene rings is 4. The van der Waals surface area contributed by atoms with Crippen LogP contribution in [0.1, 0.15) is 55.5 Å². The van der Waals surface area contributed by atoms with Crippen molar-refractivity contribution in [3.63, 3.8) is 0 Å². The summed E-state index contributed by atoms with van der Waals surface area (Å²) in [7, 11) is -1.38. The minimum Gasteiger partial charge on any atom is -0.497 e. The second-order valence-corrected chi connectivity index (χ2v) is 19.6. The molecule has 7 nitrogen and oxygen atoms in total. The smallest absolute Gasteiger partial charge is 0.258 e. The van der Waals surface area contributed by atoms with Gasteiger partial charge in [-0.05, 0) is 69.5 Å². The van der Waals surface area contributed by atoms with Crippen LogP contribution in [0.3, 0.4) is 0 Å². The van der Waals surface area contributed by atoms with E-state index in [9.17, 15) is 4.80 Å². The highest BCUT2D eigenvalue weighted by Crippen LogP contribution is 2.41. The molecule has 1 fully saturated rings. The Morgan fingerprint density at radius 2 is 1.42 bits per heavy atom. The van der Waals surface area contributed by atoms with Crippen LogP contribution in [0.2, 0.25) is 10.3 Å². The van der Waals surface area contributed by atoms with Crippen molar-refractivity contribution < 1.29 is 9.53 Å². The molecule has 276 valence electrons. The van der Waals surface area contributed by atoms with E-state index >= 15 is 0 Å². The maximum Gasteiger partial charge on any atom is 0.258 e. The summed E-state index contributed by atoms with van der Waals surface area (Å²) in [6, 6.07) is 40.2. The number of anilines is 1. The first-order valence-corrected chi connectivity index (χ1v) is 21.3. The number of nitrogens with zero attached hydrogens (tertiary/aromatic N) is 5. The van der Waals surface area contributed by atoms with Crippen molar-refractivity contribution in [3.05, 3.63) is 143 Å². The molecule has 0 spiro atoms. The van der Waals surface area contributed by atoms with E-state index in [1.165, 1.54) is 16.7 Å². The first-order valence-electron chi connectivity index (χ1n) is 19.0. The van der Waals surface area contributed by atoms with Crippen LogP contribution < -0.4 is 20.0 Å². The highest BCUT2D eigenvalue weighted by molar-refractivity contribution is 6.98. The summed E-state index contributed by atoms with van der Waals surface area (Å²) in [4.78, 5) is 30.0. The standard InChI is InChI=1S/C44H52ClN5O2Si/c1-44(2,53(51,38-17-9-5-10-18-38)39-19-11-6-12-20-39)26-13-16-36-32-50(29-28-49(36)31-35-21-23-37(52-3)24-22-35)42-40-25-27-48(30-34-14-7-4-8-15-34)33-41(40)46-43(45)47-42/h4-12,14-15,17-24,36,51H,13,16,25-33H2,1-3H3. The molecule has 5 aromatic rings. The molecule has 1 aromatic heterocycles. The number of fused-ring (bicyclic) bond motifs is 1. The molecule has 1 atom stereocenters. The third kappa shape index (κ3) is 8.37. The van der Waals surface area contributed by atoms with Gasteiger partial charge in [-0.25, -0.2) is 9.97 Å². The average molecular weight is 746 g/mol. The van der Waals surface area contributed by atoms with Crippen LogP contribution in [0.4, 0.5) is 5.82 Å². The summed E-state index contributed by atoms with van der Waals surface area (Å²) in [6.45, 7) is 10.7. The van der Waals surface area contributed by atoms with Crippen LogP contribution in [-0.4, -0.2) is 72.2 Å². The van der Waals surface area contributed by atoms with E-state index in [4.69, 9.17) is 26.3 Å². The quantitative estimate of drug-likeness (QED) is 0.102. The Bertz CT molecular complexity index is 1890. The van der Waals surface area contributed by atoms with Crippen molar-refractivity contribution in [2.24, 2.45) is 0 Å². The van der Waals surface area contributed by atoms with Crippen LogP contribution in [0.5, 0.6) is 5.75 Å². The lowest BCUT2D eigenvalue weighted by molar-refractivity contribution is 0.155. The van der Waals surface area contributed by atoms with Crippen molar-refractivity contribution in [3.8, 4) is 5.75 Å². The van der Waals surface area contributed by atoms with Crippen LogP contribution >= 0.6 is 11.6 Å². The molecule has 0 bridgehead atoms. The van der Waals surface area contributed by atoms with E-state index in [-0.39, 0.29) is 5.04 Å². The number of hydrogen-bond donors (Lipinski definition) is 1. The second kappa shape index (κ2) is 16.5. The topological polar surface area (TPSA) is 65.0 Å². The van der Waals surface area contributed by atoms with E-state index in [0.717, 1.165) is 99.1 Å². The van der Waals surface area contributed by atoms with Gasteiger partial charge in [0.1, 0.15) is 11.6 Å². The van der Waals surface area contributed by atoms with Crippen molar-refractivity contribution in [2.45, 2.75) is 70.2 Å². The first-order chi connectivity index (χ1) is 25.7. The van der Waals surface area contributed by atoms with Gasteiger partial charge in [-0.2, -0.15) is 0 Å². The monoisotopic (exact) mass is 745 g/mol. The Hall–Kier alpha value is -4.05. The number of hydrogen-bond acceptors (Lipinski definition) is 7. The molecule has 1 saturated heterocycles. The highest BCUT2D eigenvalue weighted by Gasteiger charge is 2.49. The van der Waals surface area contributed by atoms with Crippen LogP contribution in [-0.2, 0) is 26.1 Å². The zero-order valence-corrected chi connectivity index (χ0v) is 33.1. The van der Waals surface area contributed by atoms with E-state index in [1.54, 1.807) is 7.11 Å². The minimum absolute atomic E-state index is 0.296. The predicted molar refractivity (Wildman–Crippen MR) is 219 cm³/mol. The maximum absolute atomic E-state index is 12.8. The van der Waals surface area contributed by atoms with Gasteiger partial charge in [0.05, 0.1) is 12.8 Å². The molecule has 0 saturated carbocycles. The van der Waals surface area contributed by atoms with Gasteiger partial charge < -0.3 is 14.4 Å². The molecular formula is C44H52ClN5O2Si. The molecule has 2 aliphatic rings. The average Bonchev–Trinajstić information content (AvgIpc) is 3.19. The number of halogens is 1. The minimum atomic E-state index is -3.09. The van der Waals surface area contributed by atoms with Gasteiger partial charge >= 0.3 is 0 Å². The fourth-order valence-electron chi connectivity index (χ4n) is 8.47. The Labute approximate surface area is 321 Å².